The monoisotopic (exact) mass is 404 g/mol. The SMILES string of the molecule is CCCNS(=O)(=O)c1ccc(OCC(=O)Nc2c(C)cc(C)cc2C)c(C)c1. The molecule has 0 bridgehead atoms. The summed E-state index contributed by atoms with van der Waals surface area (Å²) < 4.78 is 32.5. The van der Waals surface area contributed by atoms with Crippen molar-refractivity contribution in [3.8, 4) is 5.75 Å². The molecule has 2 rings (SSSR count). The van der Waals surface area contributed by atoms with Gasteiger partial charge in [-0.15, -0.1) is 0 Å². The van der Waals surface area contributed by atoms with Crippen molar-refractivity contribution in [3.05, 3.63) is 52.6 Å². The second kappa shape index (κ2) is 9.21. The molecule has 0 spiro atoms. The van der Waals surface area contributed by atoms with Gasteiger partial charge < -0.3 is 10.1 Å². The smallest absolute Gasteiger partial charge is 0.262 e. The molecular formula is C21H28N2O4S. The topological polar surface area (TPSA) is 84.5 Å². The van der Waals surface area contributed by atoms with Crippen molar-refractivity contribution >= 4 is 21.6 Å². The first-order chi connectivity index (χ1) is 13.1. The highest BCUT2D eigenvalue weighted by Gasteiger charge is 2.15. The molecule has 7 heteroatoms. The van der Waals surface area contributed by atoms with Crippen molar-refractivity contribution in [3.63, 3.8) is 0 Å². The number of aryl methyl sites for hydroxylation is 4. The minimum atomic E-state index is -3.53. The molecule has 2 aromatic rings. The van der Waals surface area contributed by atoms with Crippen LogP contribution in [-0.2, 0) is 14.8 Å². The largest absolute Gasteiger partial charge is 0.483 e. The summed E-state index contributed by atoms with van der Waals surface area (Å²) in [4.78, 5) is 12.5. The molecule has 0 atom stereocenters. The maximum absolute atomic E-state index is 12.3. The summed E-state index contributed by atoms with van der Waals surface area (Å²) in [5.41, 5.74) is 4.57. The van der Waals surface area contributed by atoms with Gasteiger partial charge >= 0.3 is 0 Å². The molecule has 0 aromatic heterocycles. The van der Waals surface area contributed by atoms with Crippen LogP contribution in [0.1, 0.15) is 35.6 Å². The van der Waals surface area contributed by atoms with Gasteiger partial charge in [-0.05, 0) is 69.0 Å². The molecule has 6 nitrogen and oxygen atoms in total. The van der Waals surface area contributed by atoms with Crippen molar-refractivity contribution in [1.29, 1.82) is 0 Å². The van der Waals surface area contributed by atoms with Crippen molar-refractivity contribution < 1.29 is 17.9 Å². The highest BCUT2D eigenvalue weighted by Crippen LogP contribution is 2.23. The van der Waals surface area contributed by atoms with Gasteiger partial charge in [0.25, 0.3) is 5.91 Å². The number of anilines is 1. The molecule has 0 saturated heterocycles. The van der Waals surface area contributed by atoms with Gasteiger partial charge in [-0.3, -0.25) is 4.79 Å². The predicted molar refractivity (Wildman–Crippen MR) is 111 cm³/mol. The van der Waals surface area contributed by atoms with Crippen LogP contribution in [-0.4, -0.2) is 27.5 Å². The predicted octanol–water partition coefficient (Wildman–Crippen LogP) is 3.63. The Hall–Kier alpha value is -2.38. The molecule has 0 aliphatic carbocycles. The molecule has 1 amide bonds. The first kappa shape index (κ1) is 21.9. The van der Waals surface area contributed by atoms with Gasteiger partial charge in [0, 0.05) is 12.2 Å². The van der Waals surface area contributed by atoms with E-state index in [2.05, 4.69) is 10.0 Å². The van der Waals surface area contributed by atoms with Crippen LogP contribution in [0.25, 0.3) is 0 Å². The summed E-state index contributed by atoms with van der Waals surface area (Å²) in [6.07, 6.45) is 0.717. The number of carbonyl (C=O) groups is 1. The Morgan fingerprint density at radius 2 is 1.64 bits per heavy atom. The van der Waals surface area contributed by atoms with E-state index in [9.17, 15) is 13.2 Å². The third-order valence-corrected chi connectivity index (χ3v) is 5.76. The molecule has 0 aliphatic heterocycles. The minimum Gasteiger partial charge on any atom is -0.483 e. The number of benzene rings is 2. The summed E-state index contributed by atoms with van der Waals surface area (Å²) >= 11 is 0. The molecule has 2 N–H and O–H groups in total. The minimum absolute atomic E-state index is 0.159. The van der Waals surface area contributed by atoms with Gasteiger partial charge in [-0.1, -0.05) is 24.6 Å². The maximum Gasteiger partial charge on any atom is 0.262 e. The molecule has 0 aliphatic rings. The lowest BCUT2D eigenvalue weighted by molar-refractivity contribution is -0.118. The zero-order chi connectivity index (χ0) is 20.9. The van der Waals surface area contributed by atoms with Gasteiger partial charge in [0.2, 0.25) is 10.0 Å². The number of hydrogen-bond donors (Lipinski definition) is 2. The van der Waals surface area contributed by atoms with Crippen LogP contribution in [0.2, 0.25) is 0 Å². The molecule has 0 saturated carbocycles. The van der Waals surface area contributed by atoms with Crippen LogP contribution in [0.5, 0.6) is 5.75 Å². The van der Waals surface area contributed by atoms with E-state index in [-0.39, 0.29) is 17.4 Å². The Morgan fingerprint density at radius 1 is 1.00 bits per heavy atom. The number of ether oxygens (including phenoxy) is 1. The average molecular weight is 405 g/mol. The fraction of sp³-hybridized carbons (Fsp3) is 0.381. The van der Waals surface area contributed by atoms with Crippen molar-refractivity contribution in [1.82, 2.24) is 4.72 Å². The Morgan fingerprint density at radius 3 is 2.21 bits per heavy atom. The van der Waals surface area contributed by atoms with Crippen LogP contribution in [0.15, 0.2) is 35.2 Å². The fourth-order valence-electron chi connectivity index (χ4n) is 2.97. The fourth-order valence-corrected chi connectivity index (χ4v) is 4.19. The molecular weight excluding hydrogens is 376 g/mol. The van der Waals surface area contributed by atoms with Gasteiger partial charge in [-0.25, -0.2) is 13.1 Å². The lowest BCUT2D eigenvalue weighted by Gasteiger charge is -2.14. The van der Waals surface area contributed by atoms with Gasteiger partial charge in [-0.2, -0.15) is 0 Å². The molecule has 0 radical (unpaired) electrons. The van der Waals surface area contributed by atoms with Crippen LogP contribution in [0, 0.1) is 27.7 Å². The molecule has 0 fully saturated rings. The Balaban J connectivity index is 2.04. The van der Waals surface area contributed by atoms with E-state index in [0.29, 0.717) is 24.3 Å². The molecule has 28 heavy (non-hydrogen) atoms. The zero-order valence-electron chi connectivity index (χ0n) is 17.0. The van der Waals surface area contributed by atoms with Crippen molar-refractivity contribution in [2.45, 2.75) is 45.9 Å². The number of nitrogens with one attached hydrogen (secondary N) is 2. The van der Waals surface area contributed by atoms with Crippen LogP contribution < -0.4 is 14.8 Å². The molecule has 0 heterocycles. The highest BCUT2D eigenvalue weighted by molar-refractivity contribution is 7.89. The molecule has 0 unspecified atom stereocenters. The number of carbonyl (C=O) groups excluding carboxylic acids is 1. The standard InChI is InChI=1S/C21H28N2O4S/c1-6-9-22-28(25,26)18-7-8-19(15(3)12-18)27-13-20(24)23-21-16(4)10-14(2)11-17(21)5/h7-8,10-12,22H,6,9,13H2,1-5H3,(H,23,24). The molecule has 2 aromatic carbocycles. The van der Waals surface area contributed by atoms with E-state index in [0.717, 1.165) is 22.4 Å². The molecule has 152 valence electrons. The Kier molecular flexibility index (Phi) is 7.21. The normalized spacial score (nSPS) is 11.3. The Labute approximate surface area is 167 Å². The Bertz CT molecular complexity index is 945. The van der Waals surface area contributed by atoms with E-state index < -0.39 is 10.0 Å². The third kappa shape index (κ3) is 5.56. The summed E-state index contributed by atoms with van der Waals surface area (Å²) in [6, 6.07) is 8.62. The second-order valence-corrected chi connectivity index (χ2v) is 8.70. The number of rotatable bonds is 8. The lowest BCUT2D eigenvalue weighted by Crippen LogP contribution is -2.24. The average Bonchev–Trinajstić information content (AvgIpc) is 2.62. The third-order valence-electron chi connectivity index (χ3n) is 4.30. The first-order valence-electron chi connectivity index (χ1n) is 9.25. The van der Waals surface area contributed by atoms with Crippen LogP contribution >= 0.6 is 0 Å². The zero-order valence-corrected chi connectivity index (χ0v) is 17.9. The number of sulfonamides is 1. The lowest BCUT2D eigenvalue weighted by atomic mass is 10.1. The van der Waals surface area contributed by atoms with Gasteiger partial charge in [0.05, 0.1) is 4.90 Å². The van der Waals surface area contributed by atoms with Crippen LogP contribution in [0.3, 0.4) is 0 Å². The van der Waals surface area contributed by atoms with E-state index in [1.165, 1.54) is 6.07 Å². The number of hydrogen-bond acceptors (Lipinski definition) is 4. The van der Waals surface area contributed by atoms with E-state index in [4.69, 9.17) is 4.74 Å². The maximum atomic E-state index is 12.3. The highest BCUT2D eigenvalue weighted by atomic mass is 32.2. The van der Waals surface area contributed by atoms with E-state index in [1.54, 1.807) is 19.1 Å². The summed E-state index contributed by atoms with van der Waals surface area (Å²) in [5.74, 6) is 0.206. The second-order valence-electron chi connectivity index (χ2n) is 6.94. The number of amides is 1. The first-order valence-corrected chi connectivity index (χ1v) is 10.7. The summed E-state index contributed by atoms with van der Waals surface area (Å²) in [7, 11) is -3.53. The van der Waals surface area contributed by atoms with Crippen molar-refractivity contribution in [2.75, 3.05) is 18.5 Å². The van der Waals surface area contributed by atoms with Crippen LogP contribution in [0.4, 0.5) is 5.69 Å². The van der Waals surface area contributed by atoms with E-state index >= 15 is 0 Å². The summed E-state index contributed by atoms with van der Waals surface area (Å²) in [6.45, 7) is 9.79. The van der Waals surface area contributed by atoms with Gasteiger partial charge in [0.1, 0.15) is 5.75 Å². The quantitative estimate of drug-likeness (QED) is 0.704. The van der Waals surface area contributed by atoms with Gasteiger partial charge in [0.15, 0.2) is 6.61 Å². The summed E-state index contributed by atoms with van der Waals surface area (Å²) in [5, 5.41) is 2.88. The van der Waals surface area contributed by atoms with Crippen molar-refractivity contribution in [2.24, 2.45) is 0 Å². The van der Waals surface area contributed by atoms with E-state index in [1.807, 2.05) is 39.8 Å².